The number of benzene rings is 1. The van der Waals surface area contributed by atoms with Crippen molar-refractivity contribution in [1.29, 1.82) is 0 Å². The summed E-state index contributed by atoms with van der Waals surface area (Å²) in [6, 6.07) is 3.50. The predicted octanol–water partition coefficient (Wildman–Crippen LogP) is -1.21. The first-order valence-electron chi connectivity index (χ1n) is 4.61. The average molecular weight is 281 g/mol. The molecule has 0 radical (unpaired) electrons. The van der Waals surface area contributed by atoms with Gasteiger partial charge in [0, 0.05) is 0 Å². The SMILES string of the molecule is NCCc1ccc(P(=O)(O)O)c(P(=O)(O)O)c1. The molecule has 0 aliphatic carbocycles. The van der Waals surface area contributed by atoms with E-state index in [-0.39, 0.29) is 6.54 Å². The zero-order valence-corrected chi connectivity index (χ0v) is 10.5. The van der Waals surface area contributed by atoms with Gasteiger partial charge in [0.25, 0.3) is 0 Å². The van der Waals surface area contributed by atoms with E-state index in [1.54, 1.807) is 0 Å². The van der Waals surface area contributed by atoms with Crippen LogP contribution < -0.4 is 16.3 Å². The third-order valence-electron chi connectivity index (χ3n) is 2.10. The average Bonchev–Trinajstić information content (AvgIpc) is 2.15. The van der Waals surface area contributed by atoms with Gasteiger partial charge >= 0.3 is 15.2 Å². The van der Waals surface area contributed by atoms with Gasteiger partial charge in [0.1, 0.15) is 0 Å². The molecule has 0 saturated heterocycles. The van der Waals surface area contributed by atoms with Gasteiger partial charge in [-0.25, -0.2) is 0 Å². The maximum Gasteiger partial charge on any atom is 0.357 e. The van der Waals surface area contributed by atoms with E-state index in [0.29, 0.717) is 12.0 Å². The second kappa shape index (κ2) is 5.00. The molecule has 0 aliphatic rings. The first-order valence-corrected chi connectivity index (χ1v) is 7.84. The molecular weight excluding hydrogens is 268 g/mol. The van der Waals surface area contributed by atoms with Crippen LogP contribution in [0.25, 0.3) is 0 Å². The minimum absolute atomic E-state index is 0.274. The highest BCUT2D eigenvalue weighted by Crippen LogP contribution is 2.40. The molecule has 1 rings (SSSR count). The van der Waals surface area contributed by atoms with Crippen molar-refractivity contribution >= 4 is 25.8 Å². The molecule has 1 aromatic rings. The van der Waals surface area contributed by atoms with Crippen molar-refractivity contribution in [3.63, 3.8) is 0 Å². The van der Waals surface area contributed by atoms with Crippen molar-refractivity contribution < 1.29 is 28.7 Å². The largest absolute Gasteiger partial charge is 0.357 e. The van der Waals surface area contributed by atoms with Crippen LogP contribution in [0.15, 0.2) is 18.2 Å². The predicted molar refractivity (Wildman–Crippen MR) is 62.6 cm³/mol. The van der Waals surface area contributed by atoms with Crippen LogP contribution in [-0.4, -0.2) is 26.1 Å². The summed E-state index contributed by atoms with van der Waals surface area (Å²) >= 11 is 0. The quantitative estimate of drug-likeness (QED) is 0.436. The van der Waals surface area contributed by atoms with Crippen molar-refractivity contribution in [3.8, 4) is 0 Å². The van der Waals surface area contributed by atoms with Crippen LogP contribution in [0.5, 0.6) is 0 Å². The maximum atomic E-state index is 11.2. The van der Waals surface area contributed by atoms with Gasteiger partial charge in [0.2, 0.25) is 0 Å². The van der Waals surface area contributed by atoms with E-state index >= 15 is 0 Å². The Balaban J connectivity index is 3.43. The molecule has 1 aromatic carbocycles. The topological polar surface area (TPSA) is 141 Å². The minimum atomic E-state index is -4.74. The molecule has 0 saturated carbocycles. The fourth-order valence-corrected chi connectivity index (χ4v) is 3.49. The Bertz CT molecular complexity index is 505. The van der Waals surface area contributed by atoms with E-state index in [1.165, 1.54) is 6.07 Å². The van der Waals surface area contributed by atoms with Crippen LogP contribution in [0.1, 0.15) is 5.56 Å². The Kier molecular flexibility index (Phi) is 4.28. The van der Waals surface area contributed by atoms with Gasteiger partial charge in [-0.1, -0.05) is 6.07 Å². The second-order valence-electron chi connectivity index (χ2n) is 3.45. The summed E-state index contributed by atoms with van der Waals surface area (Å²) in [5.74, 6) is 0. The van der Waals surface area contributed by atoms with Crippen molar-refractivity contribution in [2.45, 2.75) is 6.42 Å². The molecule has 0 unspecified atom stereocenters. The van der Waals surface area contributed by atoms with Crippen LogP contribution in [0.4, 0.5) is 0 Å². The van der Waals surface area contributed by atoms with E-state index in [4.69, 9.17) is 25.3 Å². The van der Waals surface area contributed by atoms with Gasteiger partial charge in [-0.05, 0) is 30.7 Å². The molecule has 0 aliphatic heterocycles. The fraction of sp³-hybridized carbons (Fsp3) is 0.250. The molecule has 0 heterocycles. The van der Waals surface area contributed by atoms with E-state index < -0.39 is 25.8 Å². The van der Waals surface area contributed by atoms with Crippen LogP contribution in [-0.2, 0) is 15.6 Å². The molecular formula is C8H13NO6P2. The summed E-state index contributed by atoms with van der Waals surface area (Å²) in [6.45, 7) is 0.274. The molecule has 0 fully saturated rings. The van der Waals surface area contributed by atoms with Gasteiger partial charge in [-0.15, -0.1) is 0 Å². The summed E-state index contributed by atoms with van der Waals surface area (Å²) in [6.07, 6.45) is 0.369. The Labute approximate surface area is 97.6 Å². The van der Waals surface area contributed by atoms with Gasteiger partial charge in [-0.3, -0.25) is 9.13 Å². The lowest BCUT2D eigenvalue weighted by Crippen LogP contribution is -2.26. The molecule has 0 aromatic heterocycles. The maximum absolute atomic E-state index is 11.2. The summed E-state index contributed by atoms with van der Waals surface area (Å²) in [4.78, 5) is 36.1. The molecule has 0 spiro atoms. The number of hydrogen-bond donors (Lipinski definition) is 5. The Morgan fingerprint density at radius 3 is 1.94 bits per heavy atom. The van der Waals surface area contributed by atoms with Crippen LogP contribution in [0.3, 0.4) is 0 Å². The van der Waals surface area contributed by atoms with Gasteiger partial charge in [0.15, 0.2) is 0 Å². The standard InChI is InChI=1S/C8H13NO6P2/c9-4-3-6-1-2-7(16(10,11)12)8(5-6)17(13,14)15/h1-2,5H,3-4,9H2,(H2,10,11,12)(H2,13,14,15). The van der Waals surface area contributed by atoms with Gasteiger partial charge in [0.05, 0.1) is 10.6 Å². The summed E-state index contributed by atoms with van der Waals surface area (Å²) < 4.78 is 22.3. The summed E-state index contributed by atoms with van der Waals surface area (Å²) in [5.41, 5.74) is 5.81. The second-order valence-corrected chi connectivity index (χ2v) is 6.59. The zero-order valence-electron chi connectivity index (χ0n) is 8.72. The Morgan fingerprint density at radius 2 is 1.53 bits per heavy atom. The van der Waals surface area contributed by atoms with Crippen molar-refractivity contribution in [1.82, 2.24) is 0 Å². The number of nitrogens with two attached hydrogens (primary N) is 1. The zero-order chi connectivity index (χ0) is 13.3. The molecule has 0 amide bonds. The number of rotatable bonds is 4. The highest BCUT2D eigenvalue weighted by atomic mass is 31.2. The highest BCUT2D eigenvalue weighted by molar-refractivity contribution is 7.67. The van der Waals surface area contributed by atoms with Crippen molar-refractivity contribution in [2.24, 2.45) is 5.73 Å². The van der Waals surface area contributed by atoms with Crippen LogP contribution in [0.2, 0.25) is 0 Å². The monoisotopic (exact) mass is 281 g/mol. The van der Waals surface area contributed by atoms with Gasteiger partial charge < -0.3 is 25.3 Å². The van der Waals surface area contributed by atoms with Crippen LogP contribution >= 0.6 is 15.2 Å². The van der Waals surface area contributed by atoms with Crippen molar-refractivity contribution in [3.05, 3.63) is 23.8 Å². The molecule has 17 heavy (non-hydrogen) atoms. The lowest BCUT2D eigenvalue weighted by Gasteiger charge is -2.13. The molecule has 9 heteroatoms. The van der Waals surface area contributed by atoms with E-state index in [2.05, 4.69) is 0 Å². The summed E-state index contributed by atoms with van der Waals surface area (Å²) in [5, 5.41) is -1.29. The third-order valence-corrected chi connectivity index (χ3v) is 4.29. The Hall–Kier alpha value is -0.520. The lowest BCUT2D eigenvalue weighted by molar-refractivity contribution is 0.381. The Morgan fingerprint density at radius 1 is 1.00 bits per heavy atom. The van der Waals surface area contributed by atoms with E-state index in [0.717, 1.165) is 12.1 Å². The molecule has 6 N–H and O–H groups in total. The number of hydrogen-bond acceptors (Lipinski definition) is 3. The summed E-state index contributed by atoms with van der Waals surface area (Å²) in [7, 11) is -9.45. The molecule has 7 nitrogen and oxygen atoms in total. The first-order chi connectivity index (χ1) is 7.66. The first kappa shape index (κ1) is 14.5. The minimum Gasteiger partial charge on any atom is -0.330 e. The smallest absolute Gasteiger partial charge is 0.330 e. The highest BCUT2D eigenvalue weighted by Gasteiger charge is 2.30. The van der Waals surface area contributed by atoms with E-state index in [1.807, 2.05) is 0 Å². The van der Waals surface area contributed by atoms with Gasteiger partial charge in [-0.2, -0.15) is 0 Å². The van der Waals surface area contributed by atoms with Crippen molar-refractivity contribution in [2.75, 3.05) is 6.54 Å². The third kappa shape index (κ3) is 3.72. The molecule has 0 atom stereocenters. The lowest BCUT2D eigenvalue weighted by atomic mass is 10.1. The van der Waals surface area contributed by atoms with Crippen LogP contribution in [0, 0.1) is 0 Å². The molecule has 96 valence electrons. The fourth-order valence-electron chi connectivity index (χ4n) is 1.37. The molecule has 0 bridgehead atoms. The van der Waals surface area contributed by atoms with E-state index in [9.17, 15) is 9.13 Å². The normalized spacial score (nSPS) is 12.8.